The minimum Gasteiger partial charge on any atom is -0.482 e. The van der Waals surface area contributed by atoms with Gasteiger partial charge in [-0.3, -0.25) is 4.90 Å². The Morgan fingerprint density at radius 1 is 0.929 bits per heavy atom. The van der Waals surface area contributed by atoms with Gasteiger partial charge in [0.05, 0.1) is 22.5 Å². The van der Waals surface area contributed by atoms with Crippen LogP contribution in [0.2, 0.25) is 5.15 Å². The summed E-state index contributed by atoms with van der Waals surface area (Å²) in [7, 11) is -3.74. The van der Waals surface area contributed by atoms with Gasteiger partial charge in [-0.25, -0.2) is 18.2 Å². The molecule has 3 aromatic carbocycles. The summed E-state index contributed by atoms with van der Waals surface area (Å²) in [6.45, 7) is 3.40. The standard InChI is InChI=1S/C32H33ClN2O6S/c1-2-40-32(37)23-41-27-11-15-29(16-12-27)42(38,39)28-13-8-24(9-14-28)18-19-35(21-25-6-4-3-5-7-25)22-30(36)26-10-17-31(33)34-20-26/h3-17,20,30,36H,2,18-19,21-23H2,1H3/t30-/m0/s1. The Hall–Kier alpha value is -3.76. The lowest BCUT2D eigenvalue weighted by Gasteiger charge is -2.25. The number of hydrogen-bond donors (Lipinski definition) is 1. The molecule has 0 unspecified atom stereocenters. The van der Waals surface area contributed by atoms with Crippen LogP contribution in [-0.2, 0) is 32.3 Å². The normalized spacial score (nSPS) is 12.2. The van der Waals surface area contributed by atoms with E-state index in [0.29, 0.717) is 42.5 Å². The number of benzene rings is 3. The molecular weight excluding hydrogens is 576 g/mol. The maximum atomic E-state index is 13.2. The fourth-order valence-electron chi connectivity index (χ4n) is 4.33. The van der Waals surface area contributed by atoms with Crippen molar-refractivity contribution >= 4 is 27.4 Å². The molecule has 0 bridgehead atoms. The third-order valence-corrected chi connectivity index (χ3v) is 8.57. The first kappa shape index (κ1) is 31.2. The summed E-state index contributed by atoms with van der Waals surface area (Å²) in [5.41, 5.74) is 2.78. The topological polar surface area (TPSA) is 106 Å². The smallest absolute Gasteiger partial charge is 0.344 e. The number of esters is 1. The molecule has 0 spiro atoms. The van der Waals surface area contributed by atoms with Crippen LogP contribution in [-0.4, -0.2) is 55.7 Å². The number of pyridine rings is 1. The second-order valence-electron chi connectivity index (χ2n) is 9.61. The van der Waals surface area contributed by atoms with E-state index >= 15 is 0 Å². The third kappa shape index (κ3) is 8.87. The number of halogens is 1. The second kappa shape index (κ2) is 14.9. The van der Waals surface area contributed by atoms with Crippen molar-refractivity contribution in [2.75, 3.05) is 26.3 Å². The molecule has 0 fully saturated rings. The molecule has 0 saturated carbocycles. The van der Waals surface area contributed by atoms with Gasteiger partial charge >= 0.3 is 5.97 Å². The third-order valence-electron chi connectivity index (χ3n) is 6.56. The lowest BCUT2D eigenvalue weighted by molar-refractivity contribution is -0.145. The maximum absolute atomic E-state index is 13.2. The summed E-state index contributed by atoms with van der Waals surface area (Å²) in [5.74, 6) is -0.123. The SMILES string of the molecule is CCOC(=O)COc1ccc(S(=O)(=O)c2ccc(CCN(Cc3ccccc3)C[C@H](O)c3ccc(Cl)nc3)cc2)cc1. The minimum absolute atomic E-state index is 0.124. The molecule has 4 aromatic rings. The average Bonchev–Trinajstić information content (AvgIpc) is 3.00. The molecule has 0 aliphatic heterocycles. The average molecular weight is 609 g/mol. The predicted molar refractivity (Wildman–Crippen MR) is 160 cm³/mol. The Morgan fingerprint density at radius 2 is 1.60 bits per heavy atom. The first-order valence-corrected chi connectivity index (χ1v) is 15.4. The van der Waals surface area contributed by atoms with Crippen LogP contribution in [0.4, 0.5) is 0 Å². The van der Waals surface area contributed by atoms with Gasteiger partial charge < -0.3 is 14.6 Å². The fraction of sp³-hybridized carbons (Fsp3) is 0.250. The first-order valence-electron chi connectivity index (χ1n) is 13.5. The van der Waals surface area contributed by atoms with E-state index in [1.54, 1.807) is 37.4 Å². The van der Waals surface area contributed by atoms with E-state index in [1.165, 1.54) is 24.3 Å². The second-order valence-corrected chi connectivity index (χ2v) is 12.0. The summed E-state index contributed by atoms with van der Waals surface area (Å²) < 4.78 is 36.6. The number of carbonyl (C=O) groups is 1. The number of hydrogen-bond acceptors (Lipinski definition) is 8. The number of sulfone groups is 1. The van der Waals surface area contributed by atoms with Crippen LogP contribution in [0, 0.1) is 0 Å². The lowest BCUT2D eigenvalue weighted by Crippen LogP contribution is -2.30. The van der Waals surface area contributed by atoms with Gasteiger partial charge in [0.2, 0.25) is 9.84 Å². The van der Waals surface area contributed by atoms with Crippen LogP contribution < -0.4 is 4.74 Å². The molecule has 1 aromatic heterocycles. The summed E-state index contributed by atoms with van der Waals surface area (Å²) in [5, 5.41) is 11.2. The van der Waals surface area contributed by atoms with Gasteiger partial charge in [-0.15, -0.1) is 0 Å². The Labute approximate surface area is 251 Å². The van der Waals surface area contributed by atoms with Crippen molar-refractivity contribution in [3.63, 3.8) is 0 Å². The highest BCUT2D eigenvalue weighted by Gasteiger charge is 2.19. The van der Waals surface area contributed by atoms with Gasteiger partial charge in [-0.05, 0) is 66.9 Å². The van der Waals surface area contributed by atoms with E-state index in [-0.39, 0.29) is 23.0 Å². The van der Waals surface area contributed by atoms with Crippen molar-refractivity contribution in [1.29, 1.82) is 0 Å². The molecule has 0 aliphatic rings. The molecule has 1 atom stereocenters. The van der Waals surface area contributed by atoms with Gasteiger partial charge in [0, 0.05) is 31.4 Å². The summed E-state index contributed by atoms with van der Waals surface area (Å²) >= 11 is 5.90. The van der Waals surface area contributed by atoms with E-state index in [0.717, 1.165) is 11.1 Å². The maximum Gasteiger partial charge on any atom is 0.344 e. The van der Waals surface area contributed by atoms with Crippen LogP contribution >= 0.6 is 11.6 Å². The minimum atomic E-state index is -3.74. The number of aromatic nitrogens is 1. The zero-order valence-electron chi connectivity index (χ0n) is 23.2. The van der Waals surface area contributed by atoms with Gasteiger partial charge in [-0.1, -0.05) is 60.1 Å². The molecule has 1 heterocycles. The van der Waals surface area contributed by atoms with Crippen LogP contribution in [0.5, 0.6) is 5.75 Å². The molecule has 220 valence electrons. The lowest BCUT2D eigenvalue weighted by atomic mass is 10.1. The van der Waals surface area contributed by atoms with Gasteiger partial charge in [0.25, 0.3) is 0 Å². The molecular formula is C32H33ClN2O6S. The van der Waals surface area contributed by atoms with Crippen LogP contribution in [0.3, 0.4) is 0 Å². The molecule has 42 heavy (non-hydrogen) atoms. The van der Waals surface area contributed by atoms with Crippen molar-refractivity contribution < 1.29 is 27.8 Å². The van der Waals surface area contributed by atoms with Crippen LogP contribution in [0.25, 0.3) is 0 Å². The molecule has 0 saturated heterocycles. The van der Waals surface area contributed by atoms with Gasteiger partial charge in [0.1, 0.15) is 10.9 Å². The number of carbonyl (C=O) groups excluding carboxylic acids is 1. The molecule has 8 nitrogen and oxygen atoms in total. The molecule has 10 heteroatoms. The molecule has 0 radical (unpaired) electrons. The first-order chi connectivity index (χ1) is 20.2. The van der Waals surface area contributed by atoms with E-state index in [1.807, 2.05) is 42.5 Å². The predicted octanol–water partition coefficient (Wildman–Crippen LogP) is 5.29. The number of aliphatic hydroxyl groups excluding tert-OH is 1. The Kier molecular flexibility index (Phi) is 11.1. The van der Waals surface area contributed by atoms with Crippen molar-refractivity contribution in [2.24, 2.45) is 0 Å². The van der Waals surface area contributed by atoms with Crippen molar-refractivity contribution in [2.45, 2.75) is 35.8 Å². The zero-order valence-corrected chi connectivity index (χ0v) is 24.8. The highest BCUT2D eigenvalue weighted by Crippen LogP contribution is 2.24. The monoisotopic (exact) mass is 608 g/mol. The van der Waals surface area contributed by atoms with Gasteiger partial charge in [0.15, 0.2) is 6.61 Å². The van der Waals surface area contributed by atoms with E-state index in [9.17, 15) is 18.3 Å². The summed E-state index contributed by atoms with van der Waals surface area (Å²) in [4.78, 5) is 18.0. The highest BCUT2D eigenvalue weighted by atomic mass is 35.5. The fourth-order valence-corrected chi connectivity index (χ4v) is 5.70. The molecule has 0 aliphatic carbocycles. The summed E-state index contributed by atoms with van der Waals surface area (Å²) in [6.07, 6.45) is 1.50. The molecule has 0 amide bonds. The van der Waals surface area contributed by atoms with Crippen molar-refractivity contribution in [3.05, 3.63) is 119 Å². The van der Waals surface area contributed by atoms with Crippen LogP contribution in [0.15, 0.2) is 107 Å². The molecule has 4 rings (SSSR count). The largest absolute Gasteiger partial charge is 0.482 e. The van der Waals surface area contributed by atoms with E-state index in [2.05, 4.69) is 9.88 Å². The van der Waals surface area contributed by atoms with Gasteiger partial charge in [-0.2, -0.15) is 0 Å². The quantitative estimate of drug-likeness (QED) is 0.152. The van der Waals surface area contributed by atoms with Crippen molar-refractivity contribution in [1.82, 2.24) is 9.88 Å². The summed E-state index contributed by atoms with van der Waals surface area (Å²) in [6, 6.07) is 26.2. The Morgan fingerprint density at radius 3 is 2.21 bits per heavy atom. The zero-order chi connectivity index (χ0) is 30.0. The van der Waals surface area contributed by atoms with E-state index in [4.69, 9.17) is 21.1 Å². The number of nitrogens with zero attached hydrogens (tertiary/aromatic N) is 2. The number of aliphatic hydroxyl groups is 1. The van der Waals surface area contributed by atoms with E-state index < -0.39 is 21.9 Å². The Balaban J connectivity index is 1.40. The highest BCUT2D eigenvalue weighted by molar-refractivity contribution is 7.91. The van der Waals surface area contributed by atoms with Crippen molar-refractivity contribution in [3.8, 4) is 5.75 Å². The number of rotatable bonds is 14. The number of ether oxygens (including phenoxy) is 2. The Bertz CT molecular complexity index is 1530. The van der Waals surface area contributed by atoms with Crippen LogP contribution in [0.1, 0.15) is 29.7 Å². The molecule has 1 N–H and O–H groups in total.